The molecule has 0 radical (unpaired) electrons. The highest BCUT2D eigenvalue weighted by molar-refractivity contribution is 7.89. The summed E-state index contributed by atoms with van der Waals surface area (Å²) in [7, 11) is -3.77. The van der Waals surface area contributed by atoms with E-state index in [1.165, 1.54) is 18.2 Å². The van der Waals surface area contributed by atoms with Crippen LogP contribution in [0.15, 0.2) is 65.6 Å². The van der Waals surface area contributed by atoms with Crippen molar-refractivity contribution in [1.29, 1.82) is 0 Å². The van der Waals surface area contributed by atoms with Gasteiger partial charge in [-0.3, -0.25) is 4.79 Å². The van der Waals surface area contributed by atoms with Crippen molar-refractivity contribution in [1.82, 2.24) is 4.72 Å². The maximum absolute atomic E-state index is 13.6. The molecule has 0 aliphatic rings. The van der Waals surface area contributed by atoms with Gasteiger partial charge in [0.1, 0.15) is 5.75 Å². The zero-order valence-electron chi connectivity index (χ0n) is 16.9. The number of hydrogen-bond donors (Lipinski definition) is 2. The van der Waals surface area contributed by atoms with Crippen molar-refractivity contribution in [3.8, 4) is 5.75 Å². The van der Waals surface area contributed by atoms with Gasteiger partial charge in [-0.1, -0.05) is 30.3 Å². The second-order valence-corrected chi connectivity index (χ2v) is 8.56. The Kier molecular flexibility index (Phi) is 7.16. The fourth-order valence-electron chi connectivity index (χ4n) is 2.76. The van der Waals surface area contributed by atoms with Gasteiger partial charge in [0.05, 0.1) is 10.6 Å². The first-order valence-electron chi connectivity index (χ1n) is 9.38. The summed E-state index contributed by atoms with van der Waals surface area (Å²) < 4.78 is 72.7. The quantitative estimate of drug-likeness (QED) is 0.495. The van der Waals surface area contributed by atoms with Crippen LogP contribution in [0.4, 0.5) is 18.9 Å². The molecule has 0 spiro atoms. The number of sulfonamides is 1. The monoisotopic (exact) mass is 464 g/mol. The molecule has 2 N–H and O–H groups in total. The van der Waals surface area contributed by atoms with Crippen LogP contribution in [-0.2, 0) is 21.4 Å². The van der Waals surface area contributed by atoms with Crippen molar-refractivity contribution in [2.75, 3.05) is 11.9 Å². The number of hydrogen-bond acceptors (Lipinski definition) is 4. The molecule has 0 heterocycles. The van der Waals surface area contributed by atoms with Crippen molar-refractivity contribution in [3.63, 3.8) is 0 Å². The Morgan fingerprint density at radius 2 is 1.69 bits per heavy atom. The molecule has 1 amide bonds. The number of carbonyl (C=O) groups excluding carboxylic acids is 1. The van der Waals surface area contributed by atoms with Crippen LogP contribution < -0.4 is 14.8 Å². The number of amides is 1. The Morgan fingerprint density at radius 1 is 0.969 bits per heavy atom. The lowest BCUT2D eigenvalue weighted by Crippen LogP contribution is -2.23. The summed E-state index contributed by atoms with van der Waals surface area (Å²) >= 11 is 0. The van der Waals surface area contributed by atoms with Crippen LogP contribution in [0.2, 0.25) is 0 Å². The normalized spacial score (nSPS) is 11.2. The summed E-state index contributed by atoms with van der Waals surface area (Å²) in [5.41, 5.74) is 0.718. The maximum Gasteiger partial charge on any atom is 0.262 e. The van der Waals surface area contributed by atoms with Gasteiger partial charge in [0.2, 0.25) is 10.0 Å². The summed E-state index contributed by atoms with van der Waals surface area (Å²) in [6, 6.07) is 14.7. The summed E-state index contributed by atoms with van der Waals surface area (Å²) in [5, 5.41) is 2.08. The molecule has 6 nitrogen and oxygen atoms in total. The molecule has 168 valence electrons. The van der Waals surface area contributed by atoms with Crippen molar-refractivity contribution in [3.05, 3.63) is 89.2 Å². The number of carbonyl (C=O) groups is 1. The highest BCUT2D eigenvalue weighted by Crippen LogP contribution is 2.23. The molecule has 3 aromatic rings. The highest BCUT2D eigenvalue weighted by atomic mass is 32.2. The minimum absolute atomic E-state index is 0.0200. The molecular weight excluding hydrogens is 445 g/mol. The molecule has 0 saturated heterocycles. The Bertz CT molecular complexity index is 1240. The smallest absolute Gasteiger partial charge is 0.262 e. The first-order chi connectivity index (χ1) is 15.2. The number of aryl methyl sites for hydroxylation is 1. The zero-order valence-corrected chi connectivity index (χ0v) is 17.7. The van der Waals surface area contributed by atoms with Gasteiger partial charge in [0.25, 0.3) is 5.91 Å². The topological polar surface area (TPSA) is 84.5 Å². The molecule has 0 aliphatic carbocycles. The summed E-state index contributed by atoms with van der Waals surface area (Å²) in [5.74, 6) is -5.17. The Morgan fingerprint density at radius 3 is 2.38 bits per heavy atom. The molecular formula is C22H19F3N2O4S. The third-order valence-electron chi connectivity index (χ3n) is 4.43. The third-order valence-corrected chi connectivity index (χ3v) is 5.83. The average molecular weight is 464 g/mol. The Balaban J connectivity index is 1.61. The van der Waals surface area contributed by atoms with Crippen molar-refractivity contribution in [2.24, 2.45) is 0 Å². The first kappa shape index (κ1) is 23.3. The van der Waals surface area contributed by atoms with Crippen molar-refractivity contribution < 1.29 is 31.1 Å². The molecule has 0 aliphatic heterocycles. The molecule has 0 aromatic heterocycles. The number of benzene rings is 3. The molecule has 0 unspecified atom stereocenters. The zero-order chi connectivity index (χ0) is 23.3. The van der Waals surface area contributed by atoms with E-state index in [0.29, 0.717) is 11.6 Å². The minimum Gasteiger partial charge on any atom is -0.483 e. The van der Waals surface area contributed by atoms with E-state index in [2.05, 4.69) is 10.0 Å². The number of anilines is 1. The molecule has 0 bridgehead atoms. The van der Waals surface area contributed by atoms with Gasteiger partial charge < -0.3 is 10.1 Å². The first-order valence-corrected chi connectivity index (χ1v) is 10.9. The second-order valence-electron chi connectivity index (χ2n) is 6.80. The Labute approximate surface area is 183 Å². The molecule has 3 aromatic carbocycles. The number of rotatable bonds is 8. The predicted molar refractivity (Wildman–Crippen MR) is 112 cm³/mol. The average Bonchev–Trinajstić information content (AvgIpc) is 2.78. The van der Waals surface area contributed by atoms with Crippen LogP contribution in [0.5, 0.6) is 5.75 Å². The van der Waals surface area contributed by atoms with Crippen LogP contribution in [0.1, 0.15) is 11.1 Å². The van der Waals surface area contributed by atoms with Crippen LogP contribution in [0, 0.1) is 24.4 Å². The number of halogens is 3. The predicted octanol–water partition coefficient (Wildman–Crippen LogP) is 3.91. The molecule has 0 saturated carbocycles. The van der Waals surface area contributed by atoms with E-state index in [1.807, 2.05) is 6.07 Å². The SMILES string of the molecule is Cc1cc(S(=O)(=O)NCc2ccccc2)ccc1OCC(=O)Nc1ccc(F)c(F)c1F. The van der Waals surface area contributed by atoms with Crippen LogP contribution >= 0.6 is 0 Å². The molecule has 10 heteroatoms. The van der Waals surface area contributed by atoms with E-state index in [-0.39, 0.29) is 17.2 Å². The van der Waals surface area contributed by atoms with Gasteiger partial charge in [-0.05, 0) is 48.4 Å². The highest BCUT2D eigenvalue weighted by Gasteiger charge is 2.17. The number of nitrogens with one attached hydrogen (secondary N) is 2. The van der Waals surface area contributed by atoms with Crippen LogP contribution in [-0.4, -0.2) is 20.9 Å². The lowest BCUT2D eigenvalue weighted by molar-refractivity contribution is -0.118. The van der Waals surface area contributed by atoms with Crippen molar-refractivity contribution >= 4 is 21.6 Å². The lowest BCUT2D eigenvalue weighted by Gasteiger charge is -2.12. The van der Waals surface area contributed by atoms with Gasteiger partial charge in [0, 0.05) is 6.54 Å². The van der Waals surface area contributed by atoms with Crippen molar-refractivity contribution in [2.45, 2.75) is 18.4 Å². The molecule has 3 rings (SSSR count). The van der Waals surface area contributed by atoms with E-state index >= 15 is 0 Å². The number of ether oxygens (including phenoxy) is 1. The largest absolute Gasteiger partial charge is 0.483 e. The van der Waals surface area contributed by atoms with E-state index in [9.17, 15) is 26.4 Å². The maximum atomic E-state index is 13.6. The molecule has 0 atom stereocenters. The fraction of sp³-hybridized carbons (Fsp3) is 0.136. The molecule has 32 heavy (non-hydrogen) atoms. The van der Waals surface area contributed by atoms with Gasteiger partial charge in [-0.2, -0.15) is 0 Å². The van der Waals surface area contributed by atoms with E-state index in [0.717, 1.165) is 11.6 Å². The Hall–Kier alpha value is -3.37. The summed E-state index contributed by atoms with van der Waals surface area (Å²) in [4.78, 5) is 12.0. The molecule has 0 fully saturated rings. The van der Waals surface area contributed by atoms with E-state index < -0.39 is 45.7 Å². The summed E-state index contributed by atoms with van der Waals surface area (Å²) in [6.45, 7) is 1.16. The van der Waals surface area contributed by atoms with E-state index in [1.54, 1.807) is 31.2 Å². The van der Waals surface area contributed by atoms with Gasteiger partial charge >= 0.3 is 0 Å². The minimum atomic E-state index is -3.77. The lowest BCUT2D eigenvalue weighted by atomic mass is 10.2. The summed E-state index contributed by atoms with van der Waals surface area (Å²) in [6.07, 6.45) is 0. The van der Waals surface area contributed by atoms with Crippen LogP contribution in [0.25, 0.3) is 0 Å². The standard InChI is InChI=1S/C22H19F3N2O4S/c1-14-11-16(32(29,30)26-12-15-5-3-2-4-6-15)7-10-19(14)31-13-20(28)27-18-9-8-17(23)21(24)22(18)25/h2-11,26H,12-13H2,1H3,(H,27,28). The fourth-order valence-corrected chi connectivity index (χ4v) is 3.86. The van der Waals surface area contributed by atoms with Gasteiger partial charge in [0.15, 0.2) is 24.1 Å². The van der Waals surface area contributed by atoms with Gasteiger partial charge in [-0.25, -0.2) is 26.3 Å². The third kappa shape index (κ3) is 5.65. The van der Waals surface area contributed by atoms with E-state index in [4.69, 9.17) is 4.74 Å². The second kappa shape index (κ2) is 9.84. The van der Waals surface area contributed by atoms with Crippen LogP contribution in [0.3, 0.4) is 0 Å². The van der Waals surface area contributed by atoms with Gasteiger partial charge in [-0.15, -0.1) is 0 Å².